The Morgan fingerprint density at radius 2 is 1.43 bits per heavy atom. The second-order valence-electron chi connectivity index (χ2n) is 6.99. The van der Waals surface area contributed by atoms with Crippen LogP contribution in [0.3, 0.4) is 0 Å². The maximum atomic E-state index is 13.0. The molecule has 3 amide bonds. The highest BCUT2D eigenvalue weighted by Gasteiger charge is 2.23. The number of anilines is 1. The fraction of sp³-hybridized carbons (Fsp3) is 0.167. The van der Waals surface area contributed by atoms with Crippen LogP contribution in [0.2, 0.25) is 0 Å². The van der Waals surface area contributed by atoms with Gasteiger partial charge in [-0.05, 0) is 42.3 Å². The van der Waals surface area contributed by atoms with Gasteiger partial charge in [0.1, 0.15) is 6.04 Å². The van der Waals surface area contributed by atoms with E-state index in [1.165, 1.54) is 0 Å². The summed E-state index contributed by atoms with van der Waals surface area (Å²) in [4.78, 5) is 25.5. The van der Waals surface area contributed by atoms with Gasteiger partial charge in [-0.3, -0.25) is 4.79 Å². The van der Waals surface area contributed by atoms with Gasteiger partial charge in [-0.2, -0.15) is 0 Å². The highest BCUT2D eigenvalue weighted by atomic mass is 79.9. The van der Waals surface area contributed by atoms with Crippen LogP contribution in [0.5, 0.6) is 0 Å². The van der Waals surface area contributed by atoms with Gasteiger partial charge in [-0.1, -0.05) is 76.6 Å². The number of hydrogen-bond donors (Lipinski definition) is 3. The van der Waals surface area contributed by atoms with Gasteiger partial charge >= 0.3 is 6.03 Å². The molecule has 0 aliphatic carbocycles. The van der Waals surface area contributed by atoms with E-state index < -0.39 is 12.1 Å². The zero-order valence-corrected chi connectivity index (χ0v) is 18.2. The molecule has 0 aromatic heterocycles. The Labute approximate surface area is 185 Å². The summed E-state index contributed by atoms with van der Waals surface area (Å²) in [6, 6.07) is 25.3. The second-order valence-corrected chi connectivity index (χ2v) is 7.90. The van der Waals surface area contributed by atoms with E-state index in [9.17, 15) is 9.59 Å². The van der Waals surface area contributed by atoms with Gasteiger partial charge in [0, 0.05) is 16.6 Å². The third kappa shape index (κ3) is 6.46. The molecule has 0 spiro atoms. The standard InChI is InChI=1S/C24H24BrN3O2/c1-17(19-10-6-3-7-11-19)26-23(29)22(16-18-8-4-2-5-9-18)28-24(30)27-21-14-12-20(25)13-15-21/h2-15,17,22H,16H2,1H3,(H,26,29)(H2,27,28,30). The van der Waals surface area contributed by atoms with Crippen molar-refractivity contribution in [3.63, 3.8) is 0 Å². The number of hydrogen-bond acceptors (Lipinski definition) is 2. The van der Waals surface area contributed by atoms with Crippen molar-refractivity contribution in [2.24, 2.45) is 0 Å². The molecule has 0 bridgehead atoms. The van der Waals surface area contributed by atoms with E-state index in [4.69, 9.17) is 0 Å². The van der Waals surface area contributed by atoms with Crippen LogP contribution in [-0.2, 0) is 11.2 Å². The Hall–Kier alpha value is -3.12. The van der Waals surface area contributed by atoms with Crippen LogP contribution in [-0.4, -0.2) is 18.0 Å². The van der Waals surface area contributed by atoms with Crippen molar-refractivity contribution < 1.29 is 9.59 Å². The van der Waals surface area contributed by atoms with Crippen LogP contribution in [0.15, 0.2) is 89.4 Å². The van der Waals surface area contributed by atoms with E-state index in [1.54, 1.807) is 12.1 Å². The summed E-state index contributed by atoms with van der Waals surface area (Å²) in [7, 11) is 0. The molecule has 0 aliphatic heterocycles. The van der Waals surface area contributed by atoms with Crippen LogP contribution < -0.4 is 16.0 Å². The zero-order valence-electron chi connectivity index (χ0n) is 16.6. The van der Waals surface area contributed by atoms with Crippen molar-refractivity contribution in [1.82, 2.24) is 10.6 Å². The molecular weight excluding hydrogens is 442 g/mol. The van der Waals surface area contributed by atoms with Crippen molar-refractivity contribution in [1.29, 1.82) is 0 Å². The minimum atomic E-state index is -0.714. The number of halogens is 1. The molecule has 0 fully saturated rings. The number of carbonyl (C=O) groups is 2. The van der Waals surface area contributed by atoms with E-state index >= 15 is 0 Å². The minimum absolute atomic E-state index is 0.173. The van der Waals surface area contributed by atoms with Gasteiger partial charge in [0.25, 0.3) is 0 Å². The summed E-state index contributed by atoms with van der Waals surface area (Å²) >= 11 is 3.37. The average molecular weight is 466 g/mol. The molecule has 0 heterocycles. The molecule has 0 aliphatic rings. The van der Waals surface area contributed by atoms with E-state index in [0.29, 0.717) is 12.1 Å². The van der Waals surface area contributed by atoms with Crippen LogP contribution in [0.1, 0.15) is 24.1 Å². The SMILES string of the molecule is CC(NC(=O)C(Cc1ccccc1)NC(=O)Nc1ccc(Br)cc1)c1ccccc1. The Kier molecular flexibility index (Phi) is 7.63. The van der Waals surface area contributed by atoms with Crippen molar-refractivity contribution in [2.45, 2.75) is 25.4 Å². The number of carbonyl (C=O) groups excluding carboxylic acids is 2. The van der Waals surface area contributed by atoms with Crippen molar-refractivity contribution >= 4 is 33.6 Å². The van der Waals surface area contributed by atoms with E-state index in [-0.39, 0.29) is 11.9 Å². The quantitative estimate of drug-likeness (QED) is 0.456. The van der Waals surface area contributed by atoms with E-state index in [0.717, 1.165) is 15.6 Å². The Bertz CT molecular complexity index is 963. The lowest BCUT2D eigenvalue weighted by Gasteiger charge is -2.22. The van der Waals surface area contributed by atoms with Crippen LogP contribution in [0, 0.1) is 0 Å². The smallest absolute Gasteiger partial charge is 0.319 e. The number of rotatable bonds is 7. The number of urea groups is 1. The molecular formula is C24H24BrN3O2. The first kappa shape index (κ1) is 21.6. The Morgan fingerprint density at radius 3 is 2.07 bits per heavy atom. The number of benzene rings is 3. The number of nitrogens with one attached hydrogen (secondary N) is 3. The molecule has 2 atom stereocenters. The molecule has 3 aromatic rings. The normalized spacial score (nSPS) is 12.5. The van der Waals surface area contributed by atoms with Gasteiger partial charge in [0.15, 0.2) is 0 Å². The maximum absolute atomic E-state index is 13.0. The molecule has 30 heavy (non-hydrogen) atoms. The van der Waals surface area contributed by atoms with Gasteiger partial charge < -0.3 is 16.0 Å². The van der Waals surface area contributed by atoms with Gasteiger partial charge in [0.2, 0.25) is 5.91 Å². The van der Waals surface area contributed by atoms with Crippen molar-refractivity contribution in [2.75, 3.05) is 5.32 Å². The molecule has 6 heteroatoms. The largest absolute Gasteiger partial charge is 0.348 e. The van der Waals surface area contributed by atoms with Crippen LogP contribution in [0.25, 0.3) is 0 Å². The molecule has 0 saturated carbocycles. The van der Waals surface area contributed by atoms with Crippen LogP contribution >= 0.6 is 15.9 Å². The lowest BCUT2D eigenvalue weighted by molar-refractivity contribution is -0.123. The maximum Gasteiger partial charge on any atom is 0.319 e. The average Bonchev–Trinajstić information content (AvgIpc) is 2.76. The molecule has 2 unspecified atom stereocenters. The lowest BCUT2D eigenvalue weighted by Crippen LogP contribution is -2.49. The molecule has 3 N–H and O–H groups in total. The summed E-state index contributed by atoms with van der Waals surface area (Å²) in [5.41, 5.74) is 2.62. The molecule has 3 rings (SSSR count). The third-order valence-electron chi connectivity index (χ3n) is 4.66. The Balaban J connectivity index is 1.69. The zero-order chi connectivity index (χ0) is 21.3. The molecule has 154 valence electrons. The van der Waals surface area contributed by atoms with Crippen LogP contribution in [0.4, 0.5) is 10.5 Å². The topological polar surface area (TPSA) is 70.2 Å². The predicted octanol–water partition coefficient (Wildman–Crippen LogP) is 5.06. The first-order chi connectivity index (χ1) is 14.5. The van der Waals surface area contributed by atoms with E-state index in [2.05, 4.69) is 31.9 Å². The monoisotopic (exact) mass is 465 g/mol. The molecule has 0 saturated heterocycles. The van der Waals surface area contributed by atoms with Crippen molar-refractivity contribution in [3.05, 3.63) is 101 Å². The van der Waals surface area contributed by atoms with Gasteiger partial charge in [-0.15, -0.1) is 0 Å². The summed E-state index contributed by atoms with van der Waals surface area (Å²) in [6.07, 6.45) is 0.391. The Morgan fingerprint density at radius 1 is 0.833 bits per heavy atom. The second kappa shape index (κ2) is 10.6. The molecule has 3 aromatic carbocycles. The van der Waals surface area contributed by atoms with E-state index in [1.807, 2.05) is 79.7 Å². The third-order valence-corrected chi connectivity index (χ3v) is 5.19. The fourth-order valence-corrected chi connectivity index (χ4v) is 3.32. The summed E-state index contributed by atoms with van der Waals surface area (Å²) in [5, 5.41) is 8.59. The molecule has 5 nitrogen and oxygen atoms in total. The number of amides is 3. The minimum Gasteiger partial charge on any atom is -0.348 e. The predicted molar refractivity (Wildman–Crippen MR) is 123 cm³/mol. The lowest BCUT2D eigenvalue weighted by atomic mass is 10.0. The highest BCUT2D eigenvalue weighted by Crippen LogP contribution is 2.15. The molecule has 0 radical (unpaired) electrons. The van der Waals surface area contributed by atoms with Crippen molar-refractivity contribution in [3.8, 4) is 0 Å². The summed E-state index contributed by atoms with van der Waals surface area (Å²) in [6.45, 7) is 1.93. The van der Waals surface area contributed by atoms with Gasteiger partial charge in [-0.25, -0.2) is 4.79 Å². The highest BCUT2D eigenvalue weighted by molar-refractivity contribution is 9.10. The summed E-state index contributed by atoms with van der Waals surface area (Å²) < 4.78 is 0.921. The fourth-order valence-electron chi connectivity index (χ4n) is 3.06. The first-order valence-corrected chi connectivity index (χ1v) is 10.5. The first-order valence-electron chi connectivity index (χ1n) is 9.73. The summed E-state index contributed by atoms with van der Waals surface area (Å²) in [5.74, 6) is -0.235. The van der Waals surface area contributed by atoms with Gasteiger partial charge in [0.05, 0.1) is 6.04 Å².